The number of piperazine rings is 1. The summed E-state index contributed by atoms with van der Waals surface area (Å²) in [5.41, 5.74) is 0.478. The molecule has 1 saturated heterocycles. The van der Waals surface area contributed by atoms with Gasteiger partial charge in [0, 0.05) is 37.1 Å². The molecule has 8 heteroatoms. The molecule has 2 amide bonds. The number of carbonyl (C=O) groups excluding carboxylic acids is 2. The van der Waals surface area contributed by atoms with Crippen molar-refractivity contribution < 1.29 is 9.59 Å². The lowest BCUT2D eigenvalue weighted by atomic mass is 10.1. The molecule has 1 N–H and O–H groups in total. The van der Waals surface area contributed by atoms with Gasteiger partial charge in [-0.2, -0.15) is 0 Å². The first-order valence-corrected chi connectivity index (χ1v) is 7.79. The van der Waals surface area contributed by atoms with Gasteiger partial charge in [0.05, 0.1) is 12.5 Å². The van der Waals surface area contributed by atoms with Crippen LogP contribution in [0.5, 0.6) is 0 Å². The van der Waals surface area contributed by atoms with Crippen LogP contribution in [0.25, 0.3) is 0 Å². The highest BCUT2D eigenvalue weighted by atomic mass is 32.2. The summed E-state index contributed by atoms with van der Waals surface area (Å²) in [5, 5.41) is 3.36. The molecule has 1 unspecified atom stereocenters. The fourth-order valence-corrected chi connectivity index (χ4v) is 3.57. The second-order valence-corrected chi connectivity index (χ2v) is 6.24. The van der Waals surface area contributed by atoms with Gasteiger partial charge >= 0.3 is 0 Å². The topological polar surface area (TPSA) is 84.3 Å². The van der Waals surface area contributed by atoms with Crippen LogP contribution in [0.3, 0.4) is 0 Å². The number of hydrogen-bond acceptors (Lipinski definition) is 5. The van der Waals surface area contributed by atoms with E-state index in [0.717, 1.165) is 0 Å². The normalized spacial score (nSPS) is 21.7. The van der Waals surface area contributed by atoms with Crippen LogP contribution in [0.15, 0.2) is 16.1 Å². The molecule has 3 rings (SSSR count). The molecule has 0 bridgehead atoms. The van der Waals surface area contributed by atoms with Crippen molar-refractivity contribution in [3.63, 3.8) is 0 Å². The zero-order valence-electron chi connectivity index (χ0n) is 11.7. The summed E-state index contributed by atoms with van der Waals surface area (Å²) in [4.78, 5) is 41.8. The maximum Gasteiger partial charge on any atom is 0.257 e. The van der Waals surface area contributed by atoms with E-state index in [-0.39, 0.29) is 29.8 Å². The Labute approximate surface area is 125 Å². The Hall–Kier alpha value is -1.83. The Morgan fingerprint density at radius 3 is 3.05 bits per heavy atom. The first-order chi connectivity index (χ1) is 10.1. The number of amides is 2. The van der Waals surface area contributed by atoms with Crippen molar-refractivity contribution >= 4 is 23.6 Å². The lowest BCUT2D eigenvalue weighted by molar-refractivity contribution is -0.141. The Morgan fingerprint density at radius 2 is 2.29 bits per heavy atom. The smallest absolute Gasteiger partial charge is 0.257 e. The summed E-state index contributed by atoms with van der Waals surface area (Å²) >= 11 is 1.42. The van der Waals surface area contributed by atoms with Gasteiger partial charge in [-0.25, -0.2) is 4.98 Å². The van der Waals surface area contributed by atoms with E-state index in [0.29, 0.717) is 36.1 Å². The van der Waals surface area contributed by atoms with Gasteiger partial charge in [0.1, 0.15) is 0 Å². The third kappa shape index (κ3) is 2.67. The van der Waals surface area contributed by atoms with Crippen LogP contribution in [0.1, 0.15) is 5.56 Å². The van der Waals surface area contributed by atoms with Crippen LogP contribution >= 0.6 is 11.8 Å². The molecule has 1 aromatic heterocycles. The third-order valence-corrected chi connectivity index (χ3v) is 4.85. The second-order valence-electron chi connectivity index (χ2n) is 5.26. The zero-order valence-corrected chi connectivity index (χ0v) is 12.5. The Morgan fingerprint density at radius 1 is 1.48 bits per heavy atom. The number of nitrogens with zero attached hydrogens (tertiary/aromatic N) is 3. The van der Waals surface area contributed by atoms with E-state index in [1.165, 1.54) is 11.8 Å². The Bertz CT molecular complexity index is 657. The molecule has 0 aromatic carbocycles. The van der Waals surface area contributed by atoms with Gasteiger partial charge in [-0.15, -0.1) is 0 Å². The minimum atomic E-state index is -0.283. The van der Waals surface area contributed by atoms with E-state index in [1.807, 2.05) is 0 Å². The molecule has 0 saturated carbocycles. The van der Waals surface area contributed by atoms with Crippen molar-refractivity contribution in [1.29, 1.82) is 0 Å². The average molecular weight is 308 g/mol. The van der Waals surface area contributed by atoms with E-state index in [4.69, 9.17) is 0 Å². The molecule has 1 atom stereocenters. The van der Waals surface area contributed by atoms with Crippen LogP contribution in [-0.4, -0.2) is 51.7 Å². The van der Waals surface area contributed by atoms with Gasteiger partial charge in [-0.3, -0.25) is 19.0 Å². The van der Waals surface area contributed by atoms with Crippen LogP contribution in [0.4, 0.5) is 0 Å². The van der Waals surface area contributed by atoms with Crippen molar-refractivity contribution in [2.24, 2.45) is 5.92 Å². The monoisotopic (exact) mass is 308 g/mol. The predicted molar refractivity (Wildman–Crippen MR) is 77.0 cm³/mol. The quantitative estimate of drug-likeness (QED) is 0.689. The maximum absolute atomic E-state index is 12.5. The third-order valence-electron chi connectivity index (χ3n) is 3.70. The molecule has 7 nitrogen and oxygen atoms in total. The lowest BCUT2D eigenvalue weighted by Gasteiger charge is -2.32. The van der Waals surface area contributed by atoms with Gasteiger partial charge < -0.3 is 10.2 Å². The number of hydrogen-bond donors (Lipinski definition) is 1. The van der Waals surface area contributed by atoms with E-state index in [1.54, 1.807) is 22.6 Å². The summed E-state index contributed by atoms with van der Waals surface area (Å²) in [6.45, 7) is 3.18. The molecular weight excluding hydrogens is 292 g/mol. The van der Waals surface area contributed by atoms with Crippen LogP contribution < -0.4 is 10.9 Å². The molecule has 2 aliphatic heterocycles. The van der Waals surface area contributed by atoms with E-state index in [9.17, 15) is 14.4 Å². The van der Waals surface area contributed by atoms with Crippen molar-refractivity contribution in [2.75, 3.05) is 25.4 Å². The van der Waals surface area contributed by atoms with Gasteiger partial charge in [-0.05, 0) is 6.92 Å². The standard InChI is InChI=1S/C13H16N4O3S/c1-8-4-15-13-17(11(8)19)5-9(7-21-13)12(20)16-3-2-14-10(18)6-16/h4,9H,2-3,5-7H2,1H3,(H,14,18). The van der Waals surface area contributed by atoms with Crippen molar-refractivity contribution in [1.82, 2.24) is 19.8 Å². The Kier molecular flexibility index (Phi) is 3.71. The number of rotatable bonds is 1. The number of nitrogens with one attached hydrogen (secondary N) is 1. The number of carbonyl (C=O) groups is 2. The minimum absolute atomic E-state index is 0.0589. The summed E-state index contributed by atoms with van der Waals surface area (Å²) in [6.07, 6.45) is 1.57. The number of thioether (sulfide) groups is 1. The number of fused-ring (bicyclic) bond motifs is 1. The van der Waals surface area contributed by atoms with E-state index in [2.05, 4.69) is 10.3 Å². The van der Waals surface area contributed by atoms with E-state index < -0.39 is 0 Å². The van der Waals surface area contributed by atoms with Gasteiger partial charge in [0.25, 0.3) is 5.56 Å². The van der Waals surface area contributed by atoms with Gasteiger partial charge in [0.15, 0.2) is 5.16 Å². The Balaban J connectivity index is 1.79. The highest BCUT2D eigenvalue weighted by Gasteiger charge is 2.32. The molecule has 0 aliphatic carbocycles. The highest BCUT2D eigenvalue weighted by molar-refractivity contribution is 7.99. The van der Waals surface area contributed by atoms with Crippen LogP contribution in [-0.2, 0) is 16.1 Å². The summed E-state index contributed by atoms with van der Waals surface area (Å²) in [7, 11) is 0. The molecule has 1 fully saturated rings. The van der Waals surface area contributed by atoms with Gasteiger partial charge in [0.2, 0.25) is 11.8 Å². The largest absolute Gasteiger partial charge is 0.353 e. The highest BCUT2D eigenvalue weighted by Crippen LogP contribution is 2.26. The second kappa shape index (κ2) is 5.51. The SMILES string of the molecule is Cc1cnc2n(c1=O)CC(C(=O)N1CCNC(=O)C1)CS2. The summed E-state index contributed by atoms with van der Waals surface area (Å²) in [5.74, 6) is 0.117. The summed E-state index contributed by atoms with van der Waals surface area (Å²) in [6, 6.07) is 0. The van der Waals surface area contributed by atoms with Crippen LogP contribution in [0.2, 0.25) is 0 Å². The molecule has 112 valence electrons. The zero-order chi connectivity index (χ0) is 15.0. The molecule has 2 aliphatic rings. The fraction of sp³-hybridized carbons (Fsp3) is 0.538. The predicted octanol–water partition coefficient (Wildman–Crippen LogP) is -0.768. The first-order valence-electron chi connectivity index (χ1n) is 6.81. The lowest BCUT2D eigenvalue weighted by Crippen LogP contribution is -2.53. The maximum atomic E-state index is 12.5. The number of aromatic nitrogens is 2. The minimum Gasteiger partial charge on any atom is -0.353 e. The number of aryl methyl sites for hydroxylation is 1. The van der Waals surface area contributed by atoms with Crippen molar-refractivity contribution in [3.8, 4) is 0 Å². The van der Waals surface area contributed by atoms with Crippen molar-refractivity contribution in [3.05, 3.63) is 22.1 Å². The fourth-order valence-electron chi connectivity index (χ4n) is 2.54. The molecular formula is C13H16N4O3S. The van der Waals surface area contributed by atoms with Crippen molar-refractivity contribution in [2.45, 2.75) is 18.6 Å². The molecule has 1 aromatic rings. The summed E-state index contributed by atoms with van der Waals surface area (Å²) < 4.78 is 1.57. The molecule has 3 heterocycles. The van der Waals surface area contributed by atoms with E-state index >= 15 is 0 Å². The van der Waals surface area contributed by atoms with Gasteiger partial charge in [-0.1, -0.05) is 11.8 Å². The molecule has 21 heavy (non-hydrogen) atoms. The first kappa shape index (κ1) is 14.1. The molecule has 0 spiro atoms. The average Bonchev–Trinajstić information content (AvgIpc) is 2.50. The van der Waals surface area contributed by atoms with Crippen LogP contribution in [0, 0.1) is 12.8 Å². The molecule has 0 radical (unpaired) electrons.